The lowest BCUT2D eigenvalue weighted by Crippen LogP contribution is -2.25. The molecule has 0 saturated heterocycles. The zero-order valence-electron chi connectivity index (χ0n) is 10.1. The molecule has 6 nitrogen and oxygen atoms in total. The van der Waals surface area contributed by atoms with Crippen LogP contribution < -0.4 is 4.72 Å². The molecule has 1 rings (SSSR count). The number of nitrogens with one attached hydrogen (secondary N) is 1. The number of benzene rings is 1. The fraction of sp³-hybridized carbons (Fsp3) is 0.273. The number of carboxylic acids is 1. The molecule has 1 aromatic rings. The van der Waals surface area contributed by atoms with Crippen LogP contribution in [0.25, 0.3) is 0 Å². The minimum atomic E-state index is -4.06. The van der Waals surface area contributed by atoms with Crippen molar-refractivity contribution in [1.29, 1.82) is 5.26 Å². The molecule has 0 aromatic heterocycles. The molecule has 2 N–H and O–H groups in total. The lowest BCUT2D eigenvalue weighted by Gasteiger charge is -2.08. The van der Waals surface area contributed by atoms with Gasteiger partial charge in [-0.15, -0.1) is 0 Å². The molecule has 0 unspecified atom stereocenters. The molecule has 20 heavy (non-hydrogen) atoms. The number of nitrogens with zero attached hydrogens (tertiary/aromatic N) is 1. The predicted molar refractivity (Wildman–Crippen MR) is 68.4 cm³/mol. The fourth-order valence-corrected chi connectivity index (χ4v) is 2.63. The van der Waals surface area contributed by atoms with Gasteiger partial charge in [-0.05, 0) is 18.6 Å². The summed E-state index contributed by atoms with van der Waals surface area (Å²) in [5.41, 5.74) is -0.635. The minimum Gasteiger partial charge on any atom is -0.478 e. The zero-order valence-corrected chi connectivity index (χ0v) is 11.6. The summed E-state index contributed by atoms with van der Waals surface area (Å²) in [6, 6.07) is 3.26. The molecule has 0 radical (unpaired) electrons. The predicted octanol–water partition coefficient (Wildman–Crippen LogP) is 1.76. The van der Waals surface area contributed by atoms with E-state index < -0.39 is 37.3 Å². The second-order valence-corrected chi connectivity index (χ2v) is 5.88. The van der Waals surface area contributed by atoms with Gasteiger partial charge in [-0.2, -0.15) is 5.26 Å². The lowest BCUT2D eigenvalue weighted by atomic mass is 10.2. The van der Waals surface area contributed by atoms with Crippen molar-refractivity contribution in [1.82, 2.24) is 4.72 Å². The average molecular weight is 321 g/mol. The van der Waals surface area contributed by atoms with Crippen LogP contribution in [0, 0.1) is 17.1 Å². The third-order valence-corrected chi connectivity index (χ3v) is 4.12. The van der Waals surface area contributed by atoms with E-state index in [2.05, 4.69) is 4.72 Å². The number of aromatic carboxylic acids is 1. The first-order valence-electron chi connectivity index (χ1n) is 5.38. The number of carbonyl (C=O) groups is 1. The molecule has 9 heteroatoms. The van der Waals surface area contributed by atoms with E-state index in [1.807, 2.05) is 6.07 Å². The summed E-state index contributed by atoms with van der Waals surface area (Å²) in [5.74, 6) is -2.67. The molecule has 0 fully saturated rings. The molecular weight excluding hydrogens is 311 g/mol. The molecule has 0 amide bonds. The molecule has 0 spiro atoms. The van der Waals surface area contributed by atoms with Crippen LogP contribution in [0.3, 0.4) is 0 Å². The van der Waals surface area contributed by atoms with Gasteiger partial charge in [0.05, 0.1) is 21.6 Å². The summed E-state index contributed by atoms with van der Waals surface area (Å²) in [5, 5.41) is 16.5. The maximum atomic E-state index is 13.4. The molecule has 0 aliphatic heterocycles. The average Bonchev–Trinajstić information content (AvgIpc) is 2.37. The van der Waals surface area contributed by atoms with E-state index in [-0.39, 0.29) is 19.4 Å². The molecular formula is C11H10ClFN2O4S. The Morgan fingerprint density at radius 2 is 2.15 bits per heavy atom. The van der Waals surface area contributed by atoms with Crippen molar-refractivity contribution in [2.45, 2.75) is 17.7 Å². The highest BCUT2D eigenvalue weighted by Crippen LogP contribution is 2.24. The Kier molecular flexibility index (Phi) is 5.44. The SMILES string of the molecule is N#CCCCNS(=O)(=O)c1cc(F)c(Cl)c(C(=O)O)c1. The maximum Gasteiger partial charge on any atom is 0.337 e. The van der Waals surface area contributed by atoms with Crippen molar-refractivity contribution >= 4 is 27.6 Å². The monoisotopic (exact) mass is 320 g/mol. The molecule has 0 aliphatic rings. The molecule has 0 saturated carbocycles. The van der Waals surface area contributed by atoms with Gasteiger partial charge in [0.15, 0.2) is 0 Å². The number of hydrogen-bond acceptors (Lipinski definition) is 4. The second-order valence-electron chi connectivity index (χ2n) is 3.73. The molecule has 0 heterocycles. The van der Waals surface area contributed by atoms with Crippen LogP contribution in [0.5, 0.6) is 0 Å². The van der Waals surface area contributed by atoms with Crippen LogP contribution in [0.4, 0.5) is 4.39 Å². The van der Waals surface area contributed by atoms with Crippen molar-refractivity contribution in [3.63, 3.8) is 0 Å². The van der Waals surface area contributed by atoms with Gasteiger partial charge < -0.3 is 5.11 Å². The topological polar surface area (TPSA) is 107 Å². The van der Waals surface area contributed by atoms with Gasteiger partial charge in [-0.1, -0.05) is 11.6 Å². The summed E-state index contributed by atoms with van der Waals surface area (Å²) in [7, 11) is -4.06. The Morgan fingerprint density at radius 3 is 2.70 bits per heavy atom. The van der Waals surface area contributed by atoms with E-state index in [1.54, 1.807) is 0 Å². The van der Waals surface area contributed by atoms with E-state index in [1.165, 1.54) is 0 Å². The van der Waals surface area contributed by atoms with Crippen LogP contribution in [0.15, 0.2) is 17.0 Å². The van der Waals surface area contributed by atoms with Gasteiger partial charge in [-0.25, -0.2) is 22.3 Å². The van der Waals surface area contributed by atoms with Crippen LogP contribution >= 0.6 is 11.6 Å². The molecule has 108 valence electrons. The third kappa shape index (κ3) is 3.90. The Morgan fingerprint density at radius 1 is 1.50 bits per heavy atom. The Labute approximate surface area is 119 Å². The number of unbranched alkanes of at least 4 members (excludes halogenated alkanes) is 1. The molecule has 0 bridgehead atoms. The first kappa shape index (κ1) is 16.4. The maximum absolute atomic E-state index is 13.4. The molecule has 0 aliphatic carbocycles. The Hall–Kier alpha value is -1.69. The van der Waals surface area contributed by atoms with Gasteiger partial charge in [0.1, 0.15) is 5.82 Å². The highest BCUT2D eigenvalue weighted by atomic mass is 35.5. The number of hydrogen-bond donors (Lipinski definition) is 2. The largest absolute Gasteiger partial charge is 0.478 e. The first-order chi connectivity index (χ1) is 9.29. The number of halogens is 2. The highest BCUT2D eigenvalue weighted by molar-refractivity contribution is 7.89. The van der Waals surface area contributed by atoms with Gasteiger partial charge in [0.25, 0.3) is 0 Å². The Bertz CT molecular complexity index is 670. The van der Waals surface area contributed by atoms with Crippen molar-refractivity contribution < 1.29 is 22.7 Å². The van der Waals surface area contributed by atoms with Crippen molar-refractivity contribution in [3.8, 4) is 6.07 Å². The van der Waals surface area contributed by atoms with Crippen LogP contribution in [0.2, 0.25) is 5.02 Å². The Balaban J connectivity index is 3.07. The lowest BCUT2D eigenvalue weighted by molar-refractivity contribution is 0.0696. The number of sulfonamides is 1. The number of nitriles is 1. The van der Waals surface area contributed by atoms with Crippen LogP contribution in [-0.2, 0) is 10.0 Å². The smallest absolute Gasteiger partial charge is 0.337 e. The number of rotatable bonds is 6. The molecule has 1 aromatic carbocycles. The quantitative estimate of drug-likeness (QED) is 0.776. The third-order valence-electron chi connectivity index (χ3n) is 2.30. The summed E-state index contributed by atoms with van der Waals surface area (Å²) in [4.78, 5) is 10.3. The van der Waals surface area contributed by atoms with Crippen LogP contribution in [-0.4, -0.2) is 26.0 Å². The number of carboxylic acid groups (broad SMARTS) is 1. The van der Waals surface area contributed by atoms with Gasteiger partial charge in [0.2, 0.25) is 10.0 Å². The van der Waals surface area contributed by atoms with E-state index in [4.69, 9.17) is 22.0 Å². The summed E-state index contributed by atoms with van der Waals surface area (Å²) in [6.45, 7) is -0.0114. The summed E-state index contributed by atoms with van der Waals surface area (Å²) < 4.78 is 39.3. The normalized spacial score (nSPS) is 11.1. The standard InChI is InChI=1S/C11H10ClFN2O4S/c12-10-8(11(16)17)5-7(6-9(10)13)20(18,19)15-4-2-1-3-14/h5-6,15H,1-2,4H2,(H,16,17). The molecule has 0 atom stereocenters. The second kappa shape index (κ2) is 6.65. The van der Waals surface area contributed by atoms with Crippen molar-refractivity contribution in [2.24, 2.45) is 0 Å². The fourth-order valence-electron chi connectivity index (χ4n) is 1.33. The summed E-state index contributed by atoms with van der Waals surface area (Å²) in [6.07, 6.45) is 0.454. The van der Waals surface area contributed by atoms with Gasteiger partial charge >= 0.3 is 5.97 Å². The van der Waals surface area contributed by atoms with E-state index >= 15 is 0 Å². The minimum absolute atomic E-state index is 0.0114. The van der Waals surface area contributed by atoms with Gasteiger partial charge in [-0.3, -0.25) is 0 Å². The zero-order chi connectivity index (χ0) is 15.3. The van der Waals surface area contributed by atoms with Crippen LogP contribution in [0.1, 0.15) is 23.2 Å². The first-order valence-corrected chi connectivity index (χ1v) is 7.24. The van der Waals surface area contributed by atoms with Crippen molar-refractivity contribution in [3.05, 3.63) is 28.5 Å². The summed E-state index contributed by atoms with van der Waals surface area (Å²) >= 11 is 5.45. The van der Waals surface area contributed by atoms with Gasteiger partial charge in [0, 0.05) is 13.0 Å². The van der Waals surface area contributed by atoms with E-state index in [0.29, 0.717) is 6.07 Å². The van der Waals surface area contributed by atoms with E-state index in [0.717, 1.165) is 6.07 Å². The van der Waals surface area contributed by atoms with Crippen molar-refractivity contribution in [2.75, 3.05) is 6.54 Å². The highest BCUT2D eigenvalue weighted by Gasteiger charge is 2.21. The van der Waals surface area contributed by atoms with E-state index in [9.17, 15) is 17.6 Å².